The van der Waals surface area contributed by atoms with Crippen LogP contribution >= 0.6 is 0 Å². The fraction of sp³-hybridized carbons (Fsp3) is 1.00. The van der Waals surface area contributed by atoms with E-state index in [1.165, 1.54) is 10.1 Å². The first kappa shape index (κ1) is 21.5. The number of nitrogens with one attached hydrogen (secondary N) is 2. The van der Waals surface area contributed by atoms with Crippen LogP contribution in [0.5, 0.6) is 0 Å². The third-order valence-electron chi connectivity index (χ3n) is 6.87. The summed E-state index contributed by atoms with van der Waals surface area (Å²) in [5.41, 5.74) is -1.31. The first-order chi connectivity index (χ1) is 12.1. The lowest BCUT2D eigenvalue weighted by atomic mass is 9.78. The summed E-state index contributed by atoms with van der Waals surface area (Å²) in [5.74, 6) is 0. The van der Waals surface area contributed by atoms with Gasteiger partial charge in [-0.25, -0.2) is 0 Å². The molecule has 2 atom stereocenters. The number of hydrogen-bond acceptors (Lipinski definition) is 6. The lowest BCUT2D eigenvalue weighted by molar-refractivity contribution is -0.00171. The van der Waals surface area contributed by atoms with Gasteiger partial charge in [-0.05, 0) is 87.5 Å². The van der Waals surface area contributed by atoms with Gasteiger partial charge in [-0.15, -0.1) is 0 Å². The zero-order chi connectivity index (χ0) is 20.4. The van der Waals surface area contributed by atoms with Crippen molar-refractivity contribution in [1.82, 2.24) is 20.8 Å². The van der Waals surface area contributed by atoms with E-state index in [1.807, 2.05) is 0 Å². The van der Waals surface area contributed by atoms with Crippen LogP contribution in [0.2, 0.25) is 0 Å². The van der Waals surface area contributed by atoms with Gasteiger partial charge in [0.15, 0.2) is 0 Å². The molecular weight excluding hydrogens is 340 g/mol. The van der Waals surface area contributed by atoms with Gasteiger partial charge < -0.3 is 31.2 Å². The van der Waals surface area contributed by atoms with Gasteiger partial charge in [-0.3, -0.25) is 0 Å². The zero-order valence-corrected chi connectivity index (χ0v) is 18.6. The van der Waals surface area contributed by atoms with Crippen LogP contribution in [0, 0.1) is 10.4 Å². The van der Waals surface area contributed by atoms with Crippen molar-refractivity contribution in [3.05, 3.63) is 10.4 Å². The topological polar surface area (TPSA) is 76.7 Å². The van der Waals surface area contributed by atoms with Crippen LogP contribution in [0.25, 0.3) is 0 Å². The molecule has 6 nitrogen and oxygen atoms in total. The molecule has 0 aromatic carbocycles. The average Bonchev–Trinajstić information content (AvgIpc) is 3.18. The Balaban J connectivity index is 1.54. The van der Waals surface area contributed by atoms with Crippen LogP contribution in [0.4, 0.5) is 0 Å². The average molecular weight is 381 g/mol. The Labute approximate surface area is 165 Å². The molecule has 0 amide bonds. The second-order valence-electron chi connectivity index (χ2n) is 11.8. The minimum atomic E-state index is -0.327. The Morgan fingerprint density at radius 3 is 1.11 bits per heavy atom. The van der Waals surface area contributed by atoms with E-state index < -0.39 is 0 Å². The molecular formula is C21H40N4O2-2. The maximum Gasteiger partial charge on any atom is 0.0239 e. The number of hydrogen-bond donors (Lipinski definition) is 2. The highest BCUT2D eigenvalue weighted by Crippen LogP contribution is 2.40. The second-order valence-corrected chi connectivity index (χ2v) is 11.8. The summed E-state index contributed by atoms with van der Waals surface area (Å²) in [6.45, 7) is 16.4. The van der Waals surface area contributed by atoms with Gasteiger partial charge in [0.05, 0.1) is 0 Å². The smallest absolute Gasteiger partial charge is 0.0239 e. The van der Waals surface area contributed by atoms with Gasteiger partial charge in [0.25, 0.3) is 0 Å². The van der Waals surface area contributed by atoms with Gasteiger partial charge in [-0.2, -0.15) is 0 Å². The summed E-state index contributed by atoms with van der Waals surface area (Å²) < 4.78 is 0. The van der Waals surface area contributed by atoms with Gasteiger partial charge >= 0.3 is 0 Å². The van der Waals surface area contributed by atoms with Crippen LogP contribution in [0.1, 0.15) is 87.5 Å². The van der Waals surface area contributed by atoms with E-state index in [9.17, 15) is 10.4 Å². The quantitative estimate of drug-likeness (QED) is 0.779. The minimum absolute atomic E-state index is 0.327. The fourth-order valence-corrected chi connectivity index (χ4v) is 5.93. The van der Waals surface area contributed by atoms with E-state index in [0.717, 1.165) is 32.1 Å². The lowest BCUT2D eigenvalue weighted by Crippen LogP contribution is -2.62. The standard InChI is InChI=1S/C21H40N4O2/c1-18(2)10-14(11-19(3,4)24(18)26)22-16-9-17(16)23-15-12-20(5,6)25(27)21(7,8)13-15/h14-17,22-23H,9-13H2,1-8H3/q-2/t16-,17?/m1/s1. The third kappa shape index (κ3) is 4.36. The van der Waals surface area contributed by atoms with Gasteiger partial charge in [0.1, 0.15) is 0 Å². The summed E-state index contributed by atoms with van der Waals surface area (Å²) in [6, 6.07) is 1.73. The predicted molar refractivity (Wildman–Crippen MR) is 111 cm³/mol. The van der Waals surface area contributed by atoms with Crippen molar-refractivity contribution in [2.45, 2.75) is 134 Å². The molecule has 1 unspecified atom stereocenters. The van der Waals surface area contributed by atoms with Gasteiger partial charge in [-0.1, -0.05) is 0 Å². The Bertz CT molecular complexity index is 476. The van der Waals surface area contributed by atoms with E-state index in [1.54, 1.807) is 0 Å². The van der Waals surface area contributed by atoms with Crippen molar-refractivity contribution in [3.63, 3.8) is 0 Å². The molecule has 0 aromatic heterocycles. The van der Waals surface area contributed by atoms with Crippen LogP contribution in [-0.4, -0.2) is 56.4 Å². The molecule has 0 spiro atoms. The molecule has 2 saturated heterocycles. The summed E-state index contributed by atoms with van der Waals surface area (Å²) in [5, 5.41) is 35.3. The lowest BCUT2D eigenvalue weighted by Gasteiger charge is -2.60. The summed E-state index contributed by atoms with van der Waals surface area (Å²) in [4.78, 5) is 0. The maximum absolute atomic E-state index is 12.5. The molecule has 3 fully saturated rings. The Morgan fingerprint density at radius 1 is 0.593 bits per heavy atom. The first-order valence-electron chi connectivity index (χ1n) is 10.6. The first-order valence-corrected chi connectivity index (χ1v) is 10.6. The Hall–Kier alpha value is -0.240. The van der Waals surface area contributed by atoms with E-state index in [4.69, 9.17) is 0 Å². The molecule has 27 heavy (non-hydrogen) atoms. The molecule has 0 aromatic rings. The van der Waals surface area contributed by atoms with Crippen molar-refractivity contribution in [3.8, 4) is 0 Å². The molecule has 2 heterocycles. The third-order valence-corrected chi connectivity index (χ3v) is 6.87. The van der Waals surface area contributed by atoms with Crippen molar-refractivity contribution < 1.29 is 0 Å². The highest BCUT2D eigenvalue weighted by Gasteiger charge is 2.47. The van der Waals surface area contributed by atoms with Crippen LogP contribution in [0.3, 0.4) is 0 Å². The normalized spacial score (nSPS) is 36.7. The summed E-state index contributed by atoms with van der Waals surface area (Å²) in [6.07, 6.45) is 4.68. The highest BCUT2D eigenvalue weighted by atomic mass is 16.5. The molecule has 0 radical (unpaired) electrons. The predicted octanol–water partition coefficient (Wildman–Crippen LogP) is 3.35. The van der Waals surface area contributed by atoms with Crippen molar-refractivity contribution in [2.75, 3.05) is 0 Å². The monoisotopic (exact) mass is 380 g/mol. The Kier molecular flexibility index (Phi) is 5.28. The van der Waals surface area contributed by atoms with Gasteiger partial charge in [0, 0.05) is 46.3 Å². The maximum atomic E-state index is 12.5. The molecule has 0 bridgehead atoms. The second kappa shape index (κ2) is 6.64. The minimum Gasteiger partial charge on any atom is -0.784 e. The van der Waals surface area contributed by atoms with E-state index in [-0.39, 0.29) is 22.2 Å². The highest BCUT2D eigenvalue weighted by molar-refractivity contribution is 5.10. The number of hydroxylamine groups is 4. The number of rotatable bonds is 4. The largest absolute Gasteiger partial charge is 0.784 e. The molecule has 2 N–H and O–H groups in total. The van der Waals surface area contributed by atoms with Crippen molar-refractivity contribution >= 4 is 0 Å². The Morgan fingerprint density at radius 2 is 0.852 bits per heavy atom. The summed E-state index contributed by atoms with van der Waals surface area (Å²) in [7, 11) is 0. The summed E-state index contributed by atoms with van der Waals surface area (Å²) >= 11 is 0. The SMILES string of the molecule is CC1(C)CC(NC2C[C@H]2NC2CC(C)(C)N([O-])C(C)(C)C2)CC(C)(C)N1[O-]. The fourth-order valence-electron chi connectivity index (χ4n) is 5.93. The van der Waals surface area contributed by atoms with Crippen LogP contribution in [-0.2, 0) is 0 Å². The molecule has 6 heteroatoms. The molecule has 158 valence electrons. The van der Waals surface area contributed by atoms with E-state index in [2.05, 4.69) is 66.0 Å². The van der Waals surface area contributed by atoms with E-state index >= 15 is 0 Å². The van der Waals surface area contributed by atoms with Crippen molar-refractivity contribution in [1.29, 1.82) is 0 Å². The zero-order valence-electron chi connectivity index (χ0n) is 18.6. The van der Waals surface area contributed by atoms with Gasteiger partial charge in [0.2, 0.25) is 0 Å². The van der Waals surface area contributed by atoms with Crippen LogP contribution < -0.4 is 10.6 Å². The number of nitrogens with zero attached hydrogens (tertiary/aromatic N) is 2. The molecule has 1 aliphatic carbocycles. The molecule has 3 rings (SSSR count). The molecule has 3 aliphatic rings. The molecule has 1 saturated carbocycles. The molecule has 2 aliphatic heterocycles. The van der Waals surface area contributed by atoms with Crippen LogP contribution in [0.15, 0.2) is 0 Å². The van der Waals surface area contributed by atoms with Crippen molar-refractivity contribution in [2.24, 2.45) is 0 Å². The number of piperidine rings is 2. The van der Waals surface area contributed by atoms with E-state index in [0.29, 0.717) is 24.2 Å².